The molecule has 6 nitrogen and oxygen atoms in total. The van der Waals surface area contributed by atoms with E-state index in [1.54, 1.807) is 13.2 Å². The van der Waals surface area contributed by atoms with E-state index >= 15 is 0 Å². The van der Waals surface area contributed by atoms with Crippen LogP contribution in [0, 0.1) is 0 Å². The first-order valence-electron chi connectivity index (χ1n) is 11.3. The average Bonchev–Trinajstić information content (AvgIpc) is 3.15. The van der Waals surface area contributed by atoms with Crippen LogP contribution in [0.3, 0.4) is 0 Å². The Labute approximate surface area is 193 Å². The number of anilines is 1. The maximum absolute atomic E-state index is 12.5. The van der Waals surface area contributed by atoms with Crippen molar-refractivity contribution in [3.05, 3.63) is 45.8 Å². The van der Waals surface area contributed by atoms with E-state index in [9.17, 15) is 9.59 Å². The van der Waals surface area contributed by atoms with E-state index < -0.39 is 5.91 Å². The molecule has 3 rings (SSSR count). The molecular weight excluding hydrogens is 424 g/mol. The minimum Gasteiger partial charge on any atom is -0.493 e. The fraction of sp³-hybridized carbons (Fsp3) is 0.440. The molecule has 0 spiro atoms. The van der Waals surface area contributed by atoms with Crippen molar-refractivity contribution >= 4 is 34.2 Å². The lowest BCUT2D eigenvalue weighted by atomic mass is 9.95. The largest absolute Gasteiger partial charge is 0.493 e. The summed E-state index contributed by atoms with van der Waals surface area (Å²) < 4.78 is 11.3. The number of carbonyl (C=O) groups is 2. The second-order valence-corrected chi connectivity index (χ2v) is 9.03. The lowest BCUT2D eigenvalue weighted by molar-refractivity contribution is -0.111. The molecule has 0 unspecified atom stereocenters. The van der Waals surface area contributed by atoms with Gasteiger partial charge in [0.2, 0.25) is 5.91 Å². The van der Waals surface area contributed by atoms with Gasteiger partial charge in [-0.2, -0.15) is 0 Å². The quantitative estimate of drug-likeness (QED) is 0.352. The fourth-order valence-corrected chi connectivity index (χ4v) is 5.16. The fourth-order valence-electron chi connectivity index (χ4n) is 3.86. The lowest BCUT2D eigenvalue weighted by Crippen LogP contribution is -2.17. The van der Waals surface area contributed by atoms with Crippen LogP contribution >= 0.6 is 11.3 Å². The van der Waals surface area contributed by atoms with E-state index in [1.807, 2.05) is 18.2 Å². The molecule has 1 heterocycles. The Morgan fingerprint density at radius 3 is 2.72 bits per heavy atom. The Balaban J connectivity index is 1.64. The second kappa shape index (κ2) is 11.7. The zero-order valence-corrected chi connectivity index (χ0v) is 19.7. The zero-order valence-electron chi connectivity index (χ0n) is 18.9. The molecule has 0 fully saturated rings. The third-order valence-electron chi connectivity index (χ3n) is 5.52. The van der Waals surface area contributed by atoms with Crippen LogP contribution in [0.1, 0.15) is 71.8 Å². The van der Waals surface area contributed by atoms with E-state index in [4.69, 9.17) is 15.2 Å². The number of benzene rings is 1. The van der Waals surface area contributed by atoms with Crippen LogP contribution in [-0.4, -0.2) is 25.5 Å². The number of hydrogen-bond acceptors (Lipinski definition) is 5. The predicted molar refractivity (Wildman–Crippen MR) is 130 cm³/mol. The Hall–Kier alpha value is -2.80. The summed E-state index contributed by atoms with van der Waals surface area (Å²) in [5.41, 5.74) is 7.89. The number of fused-ring (bicyclic) bond motifs is 1. The topological polar surface area (TPSA) is 90.6 Å². The summed E-state index contributed by atoms with van der Waals surface area (Å²) in [7, 11) is 1.60. The van der Waals surface area contributed by atoms with E-state index in [2.05, 4.69) is 12.2 Å². The molecule has 0 saturated carbocycles. The molecule has 2 aromatic rings. The van der Waals surface area contributed by atoms with Crippen molar-refractivity contribution in [2.45, 2.75) is 58.3 Å². The van der Waals surface area contributed by atoms with Gasteiger partial charge in [-0.1, -0.05) is 32.3 Å². The van der Waals surface area contributed by atoms with Crippen molar-refractivity contribution in [2.75, 3.05) is 19.0 Å². The molecule has 2 amide bonds. The van der Waals surface area contributed by atoms with Crippen LogP contribution in [0.2, 0.25) is 0 Å². The van der Waals surface area contributed by atoms with Crippen LogP contribution < -0.4 is 20.5 Å². The highest BCUT2D eigenvalue weighted by atomic mass is 32.1. The van der Waals surface area contributed by atoms with Gasteiger partial charge in [-0.05, 0) is 61.4 Å². The van der Waals surface area contributed by atoms with Gasteiger partial charge < -0.3 is 20.5 Å². The summed E-state index contributed by atoms with van der Waals surface area (Å²) in [4.78, 5) is 25.7. The van der Waals surface area contributed by atoms with Gasteiger partial charge in [0, 0.05) is 11.0 Å². The Morgan fingerprint density at radius 2 is 1.97 bits per heavy atom. The third kappa shape index (κ3) is 6.13. The van der Waals surface area contributed by atoms with Gasteiger partial charge >= 0.3 is 0 Å². The third-order valence-corrected chi connectivity index (χ3v) is 6.73. The van der Waals surface area contributed by atoms with Crippen molar-refractivity contribution in [2.24, 2.45) is 5.73 Å². The van der Waals surface area contributed by atoms with Gasteiger partial charge in [0.05, 0.1) is 19.3 Å². The Kier molecular flexibility index (Phi) is 8.73. The van der Waals surface area contributed by atoms with Crippen LogP contribution in [0.4, 0.5) is 5.00 Å². The van der Waals surface area contributed by atoms with Crippen LogP contribution in [0.15, 0.2) is 24.3 Å². The molecule has 0 saturated heterocycles. The van der Waals surface area contributed by atoms with Crippen LogP contribution in [0.5, 0.6) is 11.5 Å². The summed E-state index contributed by atoms with van der Waals surface area (Å²) in [5, 5.41) is 3.38. The van der Waals surface area contributed by atoms with Gasteiger partial charge in [-0.15, -0.1) is 11.3 Å². The molecule has 0 atom stereocenters. The Bertz CT molecular complexity index is 981. The number of hydrogen-bond donors (Lipinski definition) is 2. The number of carbonyl (C=O) groups excluding carboxylic acids is 2. The standard InChI is InChI=1S/C25H32N2O4S/c1-3-4-5-8-15-31-19-13-11-17(16-20(19)30-2)12-14-22(28)27-25-23(24(26)29)18-9-6-7-10-21(18)32-25/h11-14,16H,3-10,15H2,1-2H3,(H2,26,29)(H,27,28)/b14-12+. The minimum atomic E-state index is -0.487. The number of nitrogens with one attached hydrogen (secondary N) is 1. The molecule has 7 heteroatoms. The molecule has 1 aliphatic carbocycles. The van der Waals surface area contributed by atoms with Crippen molar-refractivity contribution < 1.29 is 19.1 Å². The minimum absolute atomic E-state index is 0.304. The normalized spacial score (nSPS) is 13.1. The summed E-state index contributed by atoms with van der Waals surface area (Å²) in [5.74, 6) is 0.533. The smallest absolute Gasteiger partial charge is 0.251 e. The highest BCUT2D eigenvalue weighted by molar-refractivity contribution is 7.17. The van der Waals surface area contributed by atoms with Gasteiger partial charge in [0.25, 0.3) is 5.91 Å². The van der Waals surface area contributed by atoms with E-state index in [0.29, 0.717) is 28.7 Å². The second-order valence-electron chi connectivity index (χ2n) is 7.92. The SMILES string of the molecule is CCCCCCOc1ccc(/C=C/C(=O)Nc2sc3c(c2C(N)=O)CCCC3)cc1OC. The van der Waals surface area contributed by atoms with Crippen molar-refractivity contribution in [3.63, 3.8) is 0 Å². The molecule has 3 N–H and O–H groups in total. The van der Waals surface area contributed by atoms with Crippen molar-refractivity contribution in [3.8, 4) is 11.5 Å². The van der Waals surface area contributed by atoms with Gasteiger partial charge in [0.15, 0.2) is 11.5 Å². The summed E-state index contributed by atoms with van der Waals surface area (Å²) >= 11 is 1.46. The number of methoxy groups -OCH3 is 1. The number of aryl methyl sites for hydroxylation is 1. The van der Waals surface area contributed by atoms with E-state index in [-0.39, 0.29) is 5.91 Å². The summed E-state index contributed by atoms with van der Waals surface area (Å²) in [6.45, 7) is 2.84. The zero-order chi connectivity index (χ0) is 22.9. The molecular formula is C25H32N2O4S. The predicted octanol–water partition coefficient (Wildman–Crippen LogP) is 5.35. The van der Waals surface area contributed by atoms with Crippen molar-refractivity contribution in [1.29, 1.82) is 0 Å². The first-order chi connectivity index (χ1) is 15.5. The molecule has 172 valence electrons. The number of ether oxygens (including phenoxy) is 2. The first kappa shape index (κ1) is 23.9. The molecule has 1 aromatic heterocycles. The maximum Gasteiger partial charge on any atom is 0.251 e. The van der Waals surface area contributed by atoms with Crippen LogP contribution in [0.25, 0.3) is 6.08 Å². The van der Waals surface area contributed by atoms with Gasteiger partial charge in [0.1, 0.15) is 5.00 Å². The highest BCUT2D eigenvalue weighted by Gasteiger charge is 2.24. The Morgan fingerprint density at radius 1 is 1.16 bits per heavy atom. The van der Waals surface area contributed by atoms with Crippen molar-refractivity contribution in [1.82, 2.24) is 0 Å². The summed E-state index contributed by atoms with van der Waals surface area (Å²) in [6, 6.07) is 5.57. The maximum atomic E-state index is 12.5. The molecule has 1 aromatic carbocycles. The lowest BCUT2D eigenvalue weighted by Gasteiger charge is -2.11. The molecule has 0 aliphatic heterocycles. The average molecular weight is 457 g/mol. The molecule has 0 bridgehead atoms. The monoisotopic (exact) mass is 456 g/mol. The number of amides is 2. The van der Waals surface area contributed by atoms with Gasteiger partial charge in [-0.25, -0.2) is 0 Å². The van der Waals surface area contributed by atoms with E-state index in [1.165, 1.54) is 30.3 Å². The summed E-state index contributed by atoms with van der Waals surface area (Å²) in [6.07, 6.45) is 11.6. The molecule has 0 radical (unpaired) electrons. The van der Waals surface area contributed by atoms with Gasteiger partial charge in [-0.3, -0.25) is 9.59 Å². The number of nitrogens with two attached hydrogens (primary N) is 1. The first-order valence-corrected chi connectivity index (χ1v) is 12.1. The van der Waals surface area contributed by atoms with E-state index in [0.717, 1.165) is 54.5 Å². The highest BCUT2D eigenvalue weighted by Crippen LogP contribution is 2.38. The number of rotatable bonds is 11. The number of primary amides is 1. The van der Waals surface area contributed by atoms with Crippen LogP contribution in [-0.2, 0) is 17.6 Å². The molecule has 1 aliphatic rings. The number of unbranched alkanes of at least 4 members (excludes halogenated alkanes) is 3. The molecule has 32 heavy (non-hydrogen) atoms. The number of thiophene rings is 1.